The monoisotopic (exact) mass is 324 g/mol. The number of likely N-dealkylation sites (tertiary alicyclic amines) is 1. The highest BCUT2D eigenvalue weighted by molar-refractivity contribution is 5.39. The van der Waals surface area contributed by atoms with Crippen molar-refractivity contribution in [1.29, 1.82) is 0 Å². The molecule has 24 heavy (non-hydrogen) atoms. The van der Waals surface area contributed by atoms with Gasteiger partial charge in [-0.25, -0.2) is 0 Å². The summed E-state index contributed by atoms with van der Waals surface area (Å²) in [5.41, 5.74) is 3.98. The van der Waals surface area contributed by atoms with Crippen LogP contribution in [0, 0.1) is 5.92 Å². The standard InChI is InChI=1S/C20H24N2O2/c23-20-4-2-16(13-21-20)11-15-5-8-22(9-6-15)14-17-1-3-19-18(12-17)7-10-24-19/h1-4,12-13,15H,5-11,14H2,(H,21,23). The van der Waals surface area contributed by atoms with Gasteiger partial charge in [-0.15, -0.1) is 0 Å². The highest BCUT2D eigenvalue weighted by atomic mass is 16.5. The van der Waals surface area contributed by atoms with Crippen molar-refractivity contribution in [2.45, 2.75) is 32.2 Å². The number of hydrogen-bond acceptors (Lipinski definition) is 3. The van der Waals surface area contributed by atoms with E-state index in [1.807, 2.05) is 12.3 Å². The molecular formula is C20H24N2O2. The summed E-state index contributed by atoms with van der Waals surface area (Å²) in [6, 6.07) is 10.2. The molecule has 1 aromatic heterocycles. The molecule has 1 saturated heterocycles. The van der Waals surface area contributed by atoms with Gasteiger partial charge in [0.05, 0.1) is 6.61 Å². The Bertz CT molecular complexity index is 740. The van der Waals surface area contributed by atoms with Crippen molar-refractivity contribution in [1.82, 2.24) is 9.88 Å². The first-order chi connectivity index (χ1) is 11.8. The SMILES string of the molecule is O=c1ccc(CC2CCN(Cc3ccc4c(c3)CCO4)CC2)c[nH]1. The maximum absolute atomic E-state index is 11.1. The van der Waals surface area contributed by atoms with Crippen LogP contribution in [0.25, 0.3) is 0 Å². The average molecular weight is 324 g/mol. The normalized spacial score (nSPS) is 18.3. The Morgan fingerprint density at radius 2 is 1.96 bits per heavy atom. The van der Waals surface area contributed by atoms with E-state index in [4.69, 9.17) is 4.74 Å². The van der Waals surface area contributed by atoms with Gasteiger partial charge in [0.1, 0.15) is 5.75 Å². The van der Waals surface area contributed by atoms with Gasteiger partial charge in [-0.3, -0.25) is 9.69 Å². The lowest BCUT2D eigenvalue weighted by Crippen LogP contribution is -2.33. The van der Waals surface area contributed by atoms with Gasteiger partial charge < -0.3 is 9.72 Å². The Morgan fingerprint density at radius 1 is 1.12 bits per heavy atom. The van der Waals surface area contributed by atoms with Crippen molar-refractivity contribution < 1.29 is 4.74 Å². The van der Waals surface area contributed by atoms with Gasteiger partial charge in [0.15, 0.2) is 0 Å². The van der Waals surface area contributed by atoms with Crippen molar-refractivity contribution in [3.8, 4) is 5.75 Å². The zero-order chi connectivity index (χ0) is 16.4. The molecule has 0 unspecified atom stereocenters. The largest absolute Gasteiger partial charge is 0.493 e. The van der Waals surface area contributed by atoms with E-state index in [0.29, 0.717) is 0 Å². The lowest BCUT2D eigenvalue weighted by atomic mass is 9.90. The molecule has 0 bridgehead atoms. The zero-order valence-electron chi connectivity index (χ0n) is 14.0. The van der Waals surface area contributed by atoms with Crippen LogP contribution in [0.15, 0.2) is 41.3 Å². The van der Waals surface area contributed by atoms with Crippen LogP contribution in [0.4, 0.5) is 0 Å². The second kappa shape index (κ2) is 6.81. The molecule has 4 rings (SSSR count). The number of fused-ring (bicyclic) bond motifs is 1. The van der Waals surface area contributed by atoms with Crippen LogP contribution in [0.5, 0.6) is 5.75 Å². The Morgan fingerprint density at radius 3 is 2.75 bits per heavy atom. The molecule has 2 aromatic rings. The van der Waals surface area contributed by atoms with Crippen LogP contribution in [0.2, 0.25) is 0 Å². The number of rotatable bonds is 4. The van der Waals surface area contributed by atoms with E-state index in [1.54, 1.807) is 6.07 Å². The van der Waals surface area contributed by atoms with E-state index in [1.165, 1.54) is 29.5 Å². The number of H-pyrrole nitrogens is 1. The smallest absolute Gasteiger partial charge is 0.247 e. The van der Waals surface area contributed by atoms with E-state index >= 15 is 0 Å². The summed E-state index contributed by atoms with van der Waals surface area (Å²) in [5.74, 6) is 1.79. The predicted molar refractivity (Wildman–Crippen MR) is 94.4 cm³/mol. The lowest BCUT2D eigenvalue weighted by Gasteiger charge is -2.32. The fraction of sp³-hybridized carbons (Fsp3) is 0.450. The minimum atomic E-state index is -0.0201. The summed E-state index contributed by atoms with van der Waals surface area (Å²) in [5, 5.41) is 0. The first-order valence-electron chi connectivity index (χ1n) is 8.91. The minimum Gasteiger partial charge on any atom is -0.493 e. The number of nitrogens with one attached hydrogen (secondary N) is 1. The number of aromatic nitrogens is 1. The number of pyridine rings is 1. The summed E-state index contributed by atoms with van der Waals surface area (Å²) in [6.45, 7) is 4.18. The van der Waals surface area contributed by atoms with Gasteiger partial charge in [0.25, 0.3) is 0 Å². The van der Waals surface area contributed by atoms with Gasteiger partial charge >= 0.3 is 0 Å². The molecule has 0 saturated carbocycles. The highest BCUT2D eigenvalue weighted by Crippen LogP contribution is 2.27. The lowest BCUT2D eigenvalue weighted by molar-refractivity contribution is 0.177. The maximum Gasteiger partial charge on any atom is 0.247 e. The first-order valence-corrected chi connectivity index (χ1v) is 8.91. The average Bonchev–Trinajstić information content (AvgIpc) is 3.06. The first kappa shape index (κ1) is 15.5. The van der Waals surface area contributed by atoms with Crippen LogP contribution in [-0.4, -0.2) is 29.6 Å². The van der Waals surface area contributed by atoms with Crippen molar-refractivity contribution >= 4 is 0 Å². The van der Waals surface area contributed by atoms with Gasteiger partial charge in [-0.05, 0) is 61.0 Å². The third-order valence-corrected chi connectivity index (χ3v) is 5.24. The van der Waals surface area contributed by atoms with Gasteiger partial charge in [-0.2, -0.15) is 0 Å². The van der Waals surface area contributed by atoms with Gasteiger partial charge in [-0.1, -0.05) is 18.2 Å². The quantitative estimate of drug-likeness (QED) is 0.940. The Kier molecular flexibility index (Phi) is 4.39. The number of ether oxygens (including phenoxy) is 1. The topological polar surface area (TPSA) is 45.3 Å². The molecule has 1 N–H and O–H groups in total. The number of hydrogen-bond donors (Lipinski definition) is 1. The molecule has 3 heterocycles. The molecule has 4 nitrogen and oxygen atoms in total. The van der Waals surface area contributed by atoms with Crippen LogP contribution in [-0.2, 0) is 19.4 Å². The van der Waals surface area contributed by atoms with Crippen molar-refractivity contribution in [3.63, 3.8) is 0 Å². The molecule has 4 heteroatoms. The summed E-state index contributed by atoms with van der Waals surface area (Å²) in [6.07, 6.45) is 6.44. The molecular weight excluding hydrogens is 300 g/mol. The third kappa shape index (κ3) is 3.54. The molecule has 0 amide bonds. The number of piperidine rings is 1. The highest BCUT2D eigenvalue weighted by Gasteiger charge is 2.20. The van der Waals surface area contributed by atoms with Crippen LogP contribution in [0.3, 0.4) is 0 Å². The maximum atomic E-state index is 11.1. The Balaban J connectivity index is 1.30. The molecule has 0 aliphatic carbocycles. The van der Waals surface area contributed by atoms with E-state index in [-0.39, 0.29) is 5.56 Å². The summed E-state index contributed by atoms with van der Waals surface area (Å²) < 4.78 is 5.59. The molecule has 2 aliphatic heterocycles. The Hall–Kier alpha value is -2.07. The van der Waals surface area contributed by atoms with Gasteiger partial charge in [0, 0.05) is 25.2 Å². The van der Waals surface area contributed by atoms with Crippen LogP contribution >= 0.6 is 0 Å². The number of benzene rings is 1. The van der Waals surface area contributed by atoms with Crippen molar-refractivity contribution in [3.05, 3.63) is 63.6 Å². The molecule has 0 atom stereocenters. The molecule has 2 aliphatic rings. The molecule has 0 spiro atoms. The fourth-order valence-corrected chi connectivity index (χ4v) is 3.85. The summed E-state index contributed by atoms with van der Waals surface area (Å²) >= 11 is 0. The third-order valence-electron chi connectivity index (χ3n) is 5.24. The fourth-order valence-electron chi connectivity index (χ4n) is 3.85. The molecule has 126 valence electrons. The van der Waals surface area contributed by atoms with Gasteiger partial charge in [0.2, 0.25) is 5.56 Å². The summed E-state index contributed by atoms with van der Waals surface area (Å²) in [7, 11) is 0. The van der Waals surface area contributed by atoms with E-state index in [9.17, 15) is 4.79 Å². The number of nitrogens with zero attached hydrogens (tertiary/aromatic N) is 1. The van der Waals surface area contributed by atoms with Crippen LogP contribution < -0.4 is 10.3 Å². The Labute approximate surface area is 142 Å². The van der Waals surface area contributed by atoms with E-state index < -0.39 is 0 Å². The zero-order valence-corrected chi connectivity index (χ0v) is 14.0. The molecule has 1 fully saturated rings. The van der Waals surface area contributed by atoms with Crippen molar-refractivity contribution in [2.75, 3.05) is 19.7 Å². The molecule has 1 aromatic carbocycles. The van der Waals surface area contributed by atoms with E-state index in [0.717, 1.165) is 50.8 Å². The minimum absolute atomic E-state index is 0.0201. The van der Waals surface area contributed by atoms with Crippen molar-refractivity contribution in [2.24, 2.45) is 5.92 Å². The second-order valence-electron chi connectivity index (χ2n) is 7.03. The number of aromatic amines is 1. The van der Waals surface area contributed by atoms with E-state index in [2.05, 4.69) is 28.1 Å². The van der Waals surface area contributed by atoms with Crippen LogP contribution in [0.1, 0.15) is 29.5 Å². The molecule has 0 radical (unpaired) electrons. The predicted octanol–water partition coefficient (Wildman–Crippen LogP) is 2.76. The summed E-state index contributed by atoms with van der Waals surface area (Å²) in [4.78, 5) is 16.5. The second-order valence-corrected chi connectivity index (χ2v) is 7.03.